The molecule has 0 aliphatic carbocycles. The van der Waals surface area contributed by atoms with Crippen LogP contribution in [0.15, 0.2) is 231 Å². The highest BCUT2D eigenvalue weighted by Gasteiger charge is 2.28. The van der Waals surface area contributed by atoms with Crippen molar-refractivity contribution in [2.75, 3.05) is 9.80 Å². The Morgan fingerprint density at radius 3 is 0.889 bits per heavy atom. The van der Waals surface area contributed by atoms with Gasteiger partial charge >= 0.3 is 0 Å². The second-order valence-electron chi connectivity index (χ2n) is 17.7. The summed E-state index contributed by atoms with van der Waals surface area (Å²) in [6.07, 6.45) is 0. The Bertz CT molecular complexity index is 3720. The topological polar surface area (TPSA) is 6.48 Å². The first-order valence-corrected chi connectivity index (χ1v) is 23.3. The monoisotopic (exact) mass is 948 g/mol. The van der Waals surface area contributed by atoms with E-state index in [1.54, 1.807) is 94.7 Å². The van der Waals surface area contributed by atoms with Crippen LogP contribution in [0.25, 0.3) is 76.8 Å². The number of halogens is 6. The van der Waals surface area contributed by atoms with E-state index in [-0.39, 0.29) is 34.4 Å². The molecule has 8 heteroatoms. The summed E-state index contributed by atoms with van der Waals surface area (Å²) in [5, 5.41) is 4.42. The summed E-state index contributed by atoms with van der Waals surface area (Å²) >= 11 is 0. The third-order valence-electron chi connectivity index (χ3n) is 13.4. The van der Waals surface area contributed by atoms with Crippen molar-refractivity contribution in [2.45, 2.75) is 0 Å². The van der Waals surface area contributed by atoms with E-state index in [1.807, 2.05) is 97.1 Å². The molecule has 0 radical (unpaired) electrons. The van der Waals surface area contributed by atoms with Crippen molar-refractivity contribution in [1.29, 1.82) is 0 Å². The van der Waals surface area contributed by atoms with Gasteiger partial charge in [0.15, 0.2) is 0 Å². The molecule has 12 rings (SSSR count). The van der Waals surface area contributed by atoms with Crippen LogP contribution in [0.5, 0.6) is 0 Å². The first kappa shape index (κ1) is 44.1. The Hall–Kier alpha value is -9.14. The molecule has 0 bridgehead atoms. The van der Waals surface area contributed by atoms with Crippen molar-refractivity contribution < 1.29 is 26.3 Å². The van der Waals surface area contributed by atoms with E-state index in [1.165, 1.54) is 48.5 Å². The van der Waals surface area contributed by atoms with Crippen LogP contribution >= 0.6 is 0 Å². The second-order valence-corrected chi connectivity index (χ2v) is 17.7. The van der Waals surface area contributed by atoms with Crippen LogP contribution in [0.3, 0.4) is 0 Å². The zero-order valence-electron chi connectivity index (χ0n) is 38.1. The van der Waals surface area contributed by atoms with Gasteiger partial charge in [0, 0.05) is 10.8 Å². The van der Waals surface area contributed by atoms with Crippen molar-refractivity contribution in [3.63, 3.8) is 0 Å². The van der Waals surface area contributed by atoms with Gasteiger partial charge in [-0.2, -0.15) is 0 Å². The average molecular weight is 949 g/mol. The van der Waals surface area contributed by atoms with E-state index in [2.05, 4.69) is 0 Å². The lowest BCUT2D eigenvalue weighted by molar-refractivity contribution is 0.619. The van der Waals surface area contributed by atoms with Gasteiger partial charge in [0.05, 0.1) is 34.1 Å². The number of anilines is 6. The van der Waals surface area contributed by atoms with E-state index in [4.69, 9.17) is 0 Å². The molecule has 0 spiro atoms. The molecule has 0 heterocycles. The molecule has 0 unspecified atom stereocenters. The molecule has 0 aromatic heterocycles. The highest BCUT2D eigenvalue weighted by Crippen LogP contribution is 2.51. The Morgan fingerprint density at radius 1 is 0.222 bits per heavy atom. The lowest BCUT2D eigenvalue weighted by atomic mass is 9.90. The molecule has 72 heavy (non-hydrogen) atoms. The fourth-order valence-electron chi connectivity index (χ4n) is 9.95. The summed E-state index contributed by atoms with van der Waals surface area (Å²) < 4.78 is 93.5. The number of hydrogen-bond acceptors (Lipinski definition) is 2. The van der Waals surface area contributed by atoms with Crippen LogP contribution in [-0.2, 0) is 0 Å². The predicted molar refractivity (Wildman–Crippen MR) is 281 cm³/mol. The quantitative estimate of drug-likeness (QED) is 0.0996. The molecule has 12 aromatic carbocycles. The van der Waals surface area contributed by atoms with Crippen LogP contribution < -0.4 is 9.80 Å². The number of hydrogen-bond donors (Lipinski definition) is 0. The van der Waals surface area contributed by atoms with Crippen molar-refractivity contribution in [3.05, 3.63) is 265 Å². The second kappa shape index (κ2) is 18.0. The van der Waals surface area contributed by atoms with Gasteiger partial charge in [0.1, 0.15) is 34.9 Å². The van der Waals surface area contributed by atoms with Crippen LogP contribution in [0.1, 0.15) is 0 Å². The van der Waals surface area contributed by atoms with Gasteiger partial charge in [-0.15, -0.1) is 0 Å². The zero-order valence-corrected chi connectivity index (χ0v) is 38.1. The Kier molecular flexibility index (Phi) is 11.0. The van der Waals surface area contributed by atoms with Crippen LogP contribution in [0.4, 0.5) is 60.5 Å². The summed E-state index contributed by atoms with van der Waals surface area (Å²) in [4.78, 5) is 3.23. The molecule has 0 fully saturated rings. The van der Waals surface area contributed by atoms with Gasteiger partial charge in [-0.1, -0.05) is 146 Å². The molecule has 0 atom stereocenters. The summed E-state index contributed by atoms with van der Waals surface area (Å²) in [6.45, 7) is 0. The molecule has 0 aliphatic rings. The summed E-state index contributed by atoms with van der Waals surface area (Å²) in [5.74, 6) is -2.93. The van der Waals surface area contributed by atoms with E-state index < -0.39 is 23.3 Å². The van der Waals surface area contributed by atoms with Gasteiger partial charge in [0.2, 0.25) is 0 Å². The first-order chi connectivity index (χ1) is 35.2. The maximum absolute atomic E-state index is 16.7. The molecule has 0 amide bonds. The number of para-hydroxylation sites is 2. The maximum Gasteiger partial charge on any atom is 0.147 e. The fourth-order valence-corrected chi connectivity index (χ4v) is 9.95. The Labute approximate surface area is 410 Å². The van der Waals surface area contributed by atoms with E-state index >= 15 is 17.6 Å². The standard InChI is InChI=1S/C64H38F6N2/c65-49-29-23-41(24-30-49)39-15-19-43(20-16-39)45-27-33-55(69)61(35-45)71(57-13-3-1-11-53(57)67)59-37-47-7-6-10-52-60(38-48-8-5-9-51(59)63(48)64(47)52)72(58-14-4-2-12-54(58)68)62-36-46(28-34-56(62)70)44-21-17-40(18-22-44)42-25-31-50(66)32-26-42/h1-38H. The van der Waals surface area contributed by atoms with Gasteiger partial charge in [-0.3, -0.25) is 0 Å². The van der Waals surface area contributed by atoms with Gasteiger partial charge in [-0.05, 0) is 151 Å². The smallest absolute Gasteiger partial charge is 0.147 e. The molecular formula is C64H38F6N2. The van der Waals surface area contributed by atoms with Gasteiger partial charge < -0.3 is 9.80 Å². The van der Waals surface area contributed by atoms with Crippen molar-refractivity contribution in [3.8, 4) is 44.5 Å². The van der Waals surface area contributed by atoms with E-state index in [9.17, 15) is 8.78 Å². The van der Waals surface area contributed by atoms with Crippen LogP contribution in [-0.4, -0.2) is 0 Å². The molecule has 346 valence electrons. The summed E-state index contributed by atoms with van der Waals surface area (Å²) in [7, 11) is 0. The average Bonchev–Trinajstić information content (AvgIpc) is 3.41. The van der Waals surface area contributed by atoms with Crippen LogP contribution in [0, 0.1) is 34.9 Å². The van der Waals surface area contributed by atoms with Crippen molar-refractivity contribution in [2.24, 2.45) is 0 Å². The first-order valence-electron chi connectivity index (χ1n) is 23.3. The minimum atomic E-state index is -0.578. The van der Waals surface area contributed by atoms with Crippen molar-refractivity contribution >= 4 is 66.4 Å². The third-order valence-corrected chi connectivity index (χ3v) is 13.4. The SMILES string of the molecule is Fc1ccc(-c2ccc(-c3ccc(F)c(N(c4ccccc4F)c4cc5cccc6c(N(c7ccccc7F)c7cc(-c8ccc(-c9ccc(F)cc9)cc8)ccc7F)cc7cccc4c7c56)c3)cc2)cc1. The fraction of sp³-hybridized carbons (Fsp3) is 0. The molecule has 2 nitrogen and oxygen atoms in total. The Morgan fingerprint density at radius 2 is 0.528 bits per heavy atom. The molecule has 12 aromatic rings. The highest BCUT2D eigenvalue weighted by atomic mass is 19.1. The lowest BCUT2D eigenvalue weighted by Gasteiger charge is -2.31. The van der Waals surface area contributed by atoms with Crippen LogP contribution in [0.2, 0.25) is 0 Å². The normalized spacial score (nSPS) is 11.5. The largest absolute Gasteiger partial charge is 0.304 e. The number of rotatable bonds is 10. The minimum Gasteiger partial charge on any atom is -0.304 e. The Balaban J connectivity index is 1.02. The molecular weight excluding hydrogens is 911 g/mol. The van der Waals surface area contributed by atoms with Crippen molar-refractivity contribution in [1.82, 2.24) is 0 Å². The maximum atomic E-state index is 16.7. The molecule has 0 aliphatic heterocycles. The zero-order chi connectivity index (χ0) is 49.0. The van der Waals surface area contributed by atoms with Gasteiger partial charge in [0.25, 0.3) is 0 Å². The molecule has 0 saturated heterocycles. The third kappa shape index (κ3) is 7.83. The highest BCUT2D eigenvalue weighted by molar-refractivity contribution is 6.29. The molecule has 0 N–H and O–H groups in total. The lowest BCUT2D eigenvalue weighted by Crippen LogP contribution is -2.15. The van der Waals surface area contributed by atoms with Gasteiger partial charge in [-0.25, -0.2) is 26.3 Å². The number of benzene rings is 12. The predicted octanol–water partition coefficient (Wildman–Crippen LogP) is 19.0. The summed E-state index contributed by atoms with van der Waals surface area (Å²) in [6, 6.07) is 65.2. The number of nitrogens with zero attached hydrogens (tertiary/aromatic N) is 2. The van der Waals surface area contributed by atoms with E-state index in [0.29, 0.717) is 33.3 Å². The van der Waals surface area contributed by atoms with E-state index in [0.717, 1.165) is 54.9 Å². The molecule has 0 saturated carbocycles. The minimum absolute atomic E-state index is 0.113. The summed E-state index contributed by atoms with van der Waals surface area (Å²) in [5.41, 5.74) is 7.91.